The summed E-state index contributed by atoms with van der Waals surface area (Å²) in [4.78, 5) is 23.4. The first-order valence-electron chi connectivity index (χ1n) is 9.11. The van der Waals surface area contributed by atoms with Crippen LogP contribution in [0.4, 0.5) is 0 Å². The molecule has 27 heavy (non-hydrogen) atoms. The fraction of sp³-hybridized carbons (Fsp3) is 0.444. The number of rotatable bonds is 5. The molecule has 1 amide bonds. The van der Waals surface area contributed by atoms with Crippen LogP contribution in [0.15, 0.2) is 36.9 Å². The first-order valence-corrected chi connectivity index (χ1v) is 9.11. The van der Waals surface area contributed by atoms with Gasteiger partial charge in [0, 0.05) is 43.8 Å². The number of carbonyl (C=O) groups is 1. The Kier molecular flexibility index (Phi) is 4.91. The molecule has 0 saturated carbocycles. The molecule has 0 unspecified atom stereocenters. The molecule has 0 bridgehead atoms. The van der Waals surface area contributed by atoms with Gasteiger partial charge in [0.25, 0.3) is 0 Å². The summed E-state index contributed by atoms with van der Waals surface area (Å²) in [5.41, 5.74) is 1.13. The summed E-state index contributed by atoms with van der Waals surface area (Å²) in [5.74, 6) is 1.93. The minimum Gasteiger partial charge on any atom is -0.340 e. The zero-order chi connectivity index (χ0) is 18.6. The Morgan fingerprint density at radius 2 is 2.26 bits per heavy atom. The number of aromatic nitrogens is 7. The van der Waals surface area contributed by atoms with Crippen LogP contribution in [0.25, 0.3) is 0 Å². The third-order valence-corrected chi connectivity index (χ3v) is 4.96. The van der Waals surface area contributed by atoms with E-state index in [2.05, 4.69) is 36.1 Å². The van der Waals surface area contributed by atoms with Crippen LogP contribution in [0.2, 0.25) is 0 Å². The summed E-state index contributed by atoms with van der Waals surface area (Å²) in [7, 11) is 0. The summed E-state index contributed by atoms with van der Waals surface area (Å²) in [6.07, 6.45) is 9.46. The lowest BCUT2D eigenvalue weighted by atomic mass is 9.97. The normalized spacial score (nSPS) is 17.2. The molecular weight excluding hydrogens is 344 g/mol. The molecule has 0 spiro atoms. The number of likely N-dealkylation sites (tertiary alicyclic amines) is 1. The molecule has 4 heterocycles. The second-order valence-electron chi connectivity index (χ2n) is 6.84. The Bertz CT molecular complexity index is 903. The predicted octanol–water partition coefficient (Wildman–Crippen LogP) is 1.03. The summed E-state index contributed by atoms with van der Waals surface area (Å²) in [6, 6.07) is 4.00. The molecule has 3 aromatic heterocycles. The van der Waals surface area contributed by atoms with Gasteiger partial charge in [-0.05, 0) is 41.8 Å². The summed E-state index contributed by atoms with van der Waals surface area (Å²) in [5, 5.41) is 11.3. The maximum Gasteiger partial charge on any atom is 0.244 e. The third-order valence-electron chi connectivity index (χ3n) is 4.96. The number of hydrogen-bond acceptors (Lipinski definition) is 6. The van der Waals surface area contributed by atoms with Crippen molar-refractivity contribution in [2.75, 3.05) is 13.1 Å². The van der Waals surface area contributed by atoms with Gasteiger partial charge in [0.2, 0.25) is 5.91 Å². The van der Waals surface area contributed by atoms with Crippen molar-refractivity contribution in [3.8, 4) is 0 Å². The Balaban J connectivity index is 1.45. The Morgan fingerprint density at radius 3 is 3.04 bits per heavy atom. The molecule has 140 valence electrons. The Hall–Kier alpha value is -3.10. The van der Waals surface area contributed by atoms with Gasteiger partial charge in [-0.3, -0.25) is 9.78 Å². The zero-order valence-corrected chi connectivity index (χ0v) is 15.3. The second kappa shape index (κ2) is 7.65. The second-order valence-corrected chi connectivity index (χ2v) is 6.84. The lowest BCUT2D eigenvalue weighted by Crippen LogP contribution is -2.41. The molecule has 4 rings (SSSR count). The van der Waals surface area contributed by atoms with Crippen LogP contribution < -0.4 is 0 Å². The van der Waals surface area contributed by atoms with Gasteiger partial charge >= 0.3 is 0 Å². The molecule has 3 aromatic rings. The van der Waals surface area contributed by atoms with Gasteiger partial charge < -0.3 is 9.47 Å². The molecular formula is C18H22N8O. The number of imidazole rings is 1. The molecule has 9 nitrogen and oxygen atoms in total. The topological polar surface area (TPSA) is 94.6 Å². The lowest BCUT2D eigenvalue weighted by molar-refractivity contribution is -0.133. The first kappa shape index (κ1) is 17.3. The highest BCUT2D eigenvalue weighted by molar-refractivity contribution is 5.76. The average Bonchev–Trinajstić information content (AvgIpc) is 3.32. The SMILES string of the molecule is Cc1nnnn1CC(=O)N1CCC[C@@H](c2nccn2Cc2cccnc2)C1. The molecule has 1 saturated heterocycles. The fourth-order valence-electron chi connectivity index (χ4n) is 3.54. The number of amides is 1. The average molecular weight is 366 g/mol. The monoisotopic (exact) mass is 366 g/mol. The van der Waals surface area contributed by atoms with Crippen LogP contribution in [0, 0.1) is 6.92 Å². The largest absolute Gasteiger partial charge is 0.340 e. The highest BCUT2D eigenvalue weighted by atomic mass is 16.2. The van der Waals surface area contributed by atoms with Crippen molar-refractivity contribution in [2.45, 2.75) is 38.8 Å². The van der Waals surface area contributed by atoms with Crippen LogP contribution in [0.3, 0.4) is 0 Å². The van der Waals surface area contributed by atoms with Crippen molar-refractivity contribution in [1.82, 2.24) is 39.6 Å². The molecule has 1 aliphatic heterocycles. The minimum absolute atomic E-state index is 0.0421. The van der Waals surface area contributed by atoms with E-state index >= 15 is 0 Å². The van der Waals surface area contributed by atoms with E-state index < -0.39 is 0 Å². The minimum atomic E-state index is 0.0421. The highest BCUT2D eigenvalue weighted by Crippen LogP contribution is 2.26. The summed E-state index contributed by atoms with van der Waals surface area (Å²) in [6.45, 7) is 4.14. The van der Waals surface area contributed by atoms with Crippen molar-refractivity contribution in [2.24, 2.45) is 0 Å². The number of aryl methyl sites for hydroxylation is 1. The van der Waals surface area contributed by atoms with Crippen LogP contribution in [-0.2, 0) is 17.9 Å². The molecule has 0 aromatic carbocycles. The molecule has 1 atom stereocenters. The van der Waals surface area contributed by atoms with E-state index in [4.69, 9.17) is 0 Å². The molecule has 0 aliphatic carbocycles. The van der Waals surface area contributed by atoms with Crippen molar-refractivity contribution in [3.05, 3.63) is 54.1 Å². The van der Waals surface area contributed by atoms with Crippen LogP contribution in [-0.4, -0.2) is 58.6 Å². The van der Waals surface area contributed by atoms with Gasteiger partial charge in [-0.15, -0.1) is 5.10 Å². The molecule has 1 fully saturated rings. The number of pyridine rings is 1. The molecule has 1 aliphatic rings. The van der Waals surface area contributed by atoms with Gasteiger partial charge in [-0.2, -0.15) is 0 Å². The van der Waals surface area contributed by atoms with Gasteiger partial charge in [-0.1, -0.05) is 6.07 Å². The van der Waals surface area contributed by atoms with E-state index in [1.54, 1.807) is 13.1 Å². The van der Waals surface area contributed by atoms with E-state index in [1.165, 1.54) is 4.68 Å². The van der Waals surface area contributed by atoms with Crippen molar-refractivity contribution >= 4 is 5.91 Å². The van der Waals surface area contributed by atoms with Crippen molar-refractivity contribution in [3.63, 3.8) is 0 Å². The standard InChI is InChI=1S/C18H22N8O/c1-14-21-22-23-26(14)13-17(27)24-8-3-5-16(12-24)18-20-7-9-25(18)11-15-4-2-6-19-10-15/h2,4,6-7,9-10,16H,3,5,8,11-13H2,1H3/t16-/m1/s1. The smallest absolute Gasteiger partial charge is 0.244 e. The van der Waals surface area contributed by atoms with Crippen LogP contribution in [0.5, 0.6) is 0 Å². The Morgan fingerprint density at radius 1 is 1.33 bits per heavy atom. The predicted molar refractivity (Wildman–Crippen MR) is 96.7 cm³/mol. The maximum atomic E-state index is 12.7. The van der Waals surface area contributed by atoms with Crippen molar-refractivity contribution in [1.29, 1.82) is 0 Å². The number of tetrazole rings is 1. The van der Waals surface area contributed by atoms with Gasteiger partial charge in [0.15, 0.2) is 0 Å². The van der Waals surface area contributed by atoms with E-state index in [1.807, 2.05) is 29.6 Å². The number of nitrogens with zero attached hydrogens (tertiary/aromatic N) is 8. The maximum absolute atomic E-state index is 12.7. The van der Waals surface area contributed by atoms with E-state index in [-0.39, 0.29) is 18.4 Å². The first-order chi connectivity index (χ1) is 13.2. The summed E-state index contributed by atoms with van der Waals surface area (Å²) < 4.78 is 3.69. The van der Waals surface area contributed by atoms with E-state index in [0.717, 1.165) is 37.3 Å². The molecule has 9 heteroatoms. The number of hydrogen-bond donors (Lipinski definition) is 0. The lowest BCUT2D eigenvalue weighted by Gasteiger charge is -2.32. The zero-order valence-electron chi connectivity index (χ0n) is 15.3. The fourth-order valence-corrected chi connectivity index (χ4v) is 3.54. The summed E-state index contributed by atoms with van der Waals surface area (Å²) >= 11 is 0. The van der Waals surface area contributed by atoms with Crippen molar-refractivity contribution < 1.29 is 4.79 Å². The van der Waals surface area contributed by atoms with Crippen LogP contribution >= 0.6 is 0 Å². The van der Waals surface area contributed by atoms with E-state index in [9.17, 15) is 4.79 Å². The molecule has 0 N–H and O–H groups in total. The Labute approximate surface area is 157 Å². The van der Waals surface area contributed by atoms with Gasteiger partial charge in [0.05, 0.1) is 6.54 Å². The van der Waals surface area contributed by atoms with Crippen LogP contribution in [0.1, 0.15) is 36.0 Å². The number of carbonyl (C=O) groups excluding carboxylic acids is 1. The third kappa shape index (κ3) is 3.86. The molecule has 0 radical (unpaired) electrons. The quantitative estimate of drug-likeness (QED) is 0.669. The van der Waals surface area contributed by atoms with Gasteiger partial charge in [-0.25, -0.2) is 9.67 Å². The van der Waals surface area contributed by atoms with E-state index in [0.29, 0.717) is 12.4 Å². The highest BCUT2D eigenvalue weighted by Gasteiger charge is 2.28. The number of piperidine rings is 1. The van der Waals surface area contributed by atoms with Gasteiger partial charge in [0.1, 0.15) is 18.2 Å².